The lowest BCUT2D eigenvalue weighted by molar-refractivity contribution is -0.154. The van der Waals surface area contributed by atoms with Crippen molar-refractivity contribution in [2.75, 3.05) is 6.61 Å². The zero-order chi connectivity index (χ0) is 17.7. The molecule has 24 heavy (non-hydrogen) atoms. The maximum absolute atomic E-state index is 12.2. The van der Waals surface area contributed by atoms with Crippen LogP contribution in [-0.4, -0.2) is 41.1 Å². The van der Waals surface area contributed by atoms with Crippen molar-refractivity contribution in [3.63, 3.8) is 0 Å². The second kappa shape index (κ2) is 7.52. The van der Waals surface area contributed by atoms with Crippen LogP contribution in [0.5, 0.6) is 5.88 Å². The van der Waals surface area contributed by atoms with Gasteiger partial charge in [0.05, 0.1) is 0 Å². The van der Waals surface area contributed by atoms with E-state index in [1.54, 1.807) is 23.4 Å². The van der Waals surface area contributed by atoms with Crippen molar-refractivity contribution in [3.8, 4) is 5.88 Å². The molecule has 2 rings (SSSR count). The number of rotatable bonds is 5. The van der Waals surface area contributed by atoms with E-state index in [1.165, 1.54) is 19.2 Å². The fourth-order valence-electron chi connectivity index (χ4n) is 1.91. The Hall–Kier alpha value is -2.29. The molecule has 0 aliphatic carbocycles. The monoisotopic (exact) mass is 362 g/mol. The number of carbonyl (C=O) groups excluding carboxylic acids is 1. The Kier molecular flexibility index (Phi) is 5.66. The first-order valence-electron chi connectivity index (χ1n) is 6.81. The Morgan fingerprint density at radius 1 is 1.50 bits per heavy atom. The molecule has 0 saturated carbocycles. The summed E-state index contributed by atoms with van der Waals surface area (Å²) in [5.41, 5.74) is 0.622. The molecule has 1 aromatic heterocycles. The number of allylic oxidation sites excluding steroid dienone is 1. The van der Waals surface area contributed by atoms with E-state index in [4.69, 9.17) is 11.6 Å². The van der Waals surface area contributed by atoms with Crippen LogP contribution in [0.2, 0.25) is 5.02 Å². The van der Waals surface area contributed by atoms with Gasteiger partial charge in [0.1, 0.15) is 5.02 Å². The van der Waals surface area contributed by atoms with Crippen LogP contribution in [0.3, 0.4) is 0 Å². The molecule has 2 heterocycles. The Morgan fingerprint density at radius 3 is 2.88 bits per heavy atom. The van der Waals surface area contributed by atoms with Gasteiger partial charge in [-0.1, -0.05) is 11.6 Å². The lowest BCUT2D eigenvalue weighted by Gasteiger charge is -2.29. The molecule has 10 heteroatoms. The topological polar surface area (TPSA) is 66.8 Å². The first kappa shape index (κ1) is 18.1. The standard InChI is InChI=1S/C14H14ClF3N4O2/c1-9(23)21-13-19-3-2-4-22(13)7-10-5-11(15)12(20-6-10)24-8-14(16,17)18/h2-6,13H,7-8H2,1H3,(H,21,23). The third-order valence-electron chi connectivity index (χ3n) is 2.84. The summed E-state index contributed by atoms with van der Waals surface area (Å²) in [6, 6.07) is 1.46. The fraction of sp³-hybridized carbons (Fsp3) is 0.357. The number of alkyl halides is 3. The van der Waals surface area contributed by atoms with E-state index in [0.717, 1.165) is 0 Å². The van der Waals surface area contributed by atoms with Gasteiger partial charge in [0.15, 0.2) is 12.9 Å². The van der Waals surface area contributed by atoms with Crippen molar-refractivity contribution in [2.45, 2.75) is 25.9 Å². The summed E-state index contributed by atoms with van der Waals surface area (Å²) < 4.78 is 41.0. The minimum atomic E-state index is -4.47. The number of nitrogens with zero attached hydrogens (tertiary/aromatic N) is 3. The van der Waals surface area contributed by atoms with E-state index in [-0.39, 0.29) is 16.8 Å². The van der Waals surface area contributed by atoms with Gasteiger partial charge in [0, 0.05) is 32.1 Å². The molecule has 1 aromatic rings. The van der Waals surface area contributed by atoms with Crippen LogP contribution in [0, 0.1) is 0 Å². The predicted molar refractivity (Wildman–Crippen MR) is 81.6 cm³/mol. The molecule has 1 atom stereocenters. The summed E-state index contributed by atoms with van der Waals surface area (Å²) in [5.74, 6) is -0.534. The highest BCUT2D eigenvalue weighted by molar-refractivity contribution is 6.31. The smallest absolute Gasteiger partial charge is 0.422 e. The molecular formula is C14H14ClF3N4O2. The van der Waals surface area contributed by atoms with Gasteiger partial charge in [-0.3, -0.25) is 4.79 Å². The van der Waals surface area contributed by atoms with E-state index >= 15 is 0 Å². The maximum atomic E-state index is 12.2. The molecule has 0 spiro atoms. The lowest BCUT2D eigenvalue weighted by atomic mass is 10.2. The van der Waals surface area contributed by atoms with Crippen LogP contribution in [-0.2, 0) is 11.3 Å². The zero-order valence-corrected chi connectivity index (χ0v) is 13.3. The third-order valence-corrected chi connectivity index (χ3v) is 3.11. The van der Waals surface area contributed by atoms with E-state index in [9.17, 15) is 18.0 Å². The van der Waals surface area contributed by atoms with Crippen LogP contribution in [0.1, 0.15) is 12.5 Å². The van der Waals surface area contributed by atoms with Gasteiger partial charge in [-0.25, -0.2) is 9.98 Å². The van der Waals surface area contributed by atoms with Gasteiger partial charge in [0.2, 0.25) is 11.8 Å². The number of halogens is 4. The first-order valence-corrected chi connectivity index (χ1v) is 7.19. The zero-order valence-electron chi connectivity index (χ0n) is 12.5. The average molecular weight is 363 g/mol. The molecule has 1 N–H and O–H groups in total. The first-order chi connectivity index (χ1) is 11.2. The summed E-state index contributed by atoms with van der Waals surface area (Å²) >= 11 is 5.91. The van der Waals surface area contributed by atoms with Crippen molar-refractivity contribution in [1.82, 2.24) is 15.2 Å². The number of aliphatic imine (C=N–C) groups is 1. The van der Waals surface area contributed by atoms with Crippen molar-refractivity contribution >= 4 is 23.7 Å². The van der Waals surface area contributed by atoms with Crippen LogP contribution in [0.4, 0.5) is 13.2 Å². The van der Waals surface area contributed by atoms with Gasteiger partial charge in [-0.15, -0.1) is 0 Å². The highest BCUT2D eigenvalue weighted by atomic mass is 35.5. The maximum Gasteiger partial charge on any atom is 0.422 e. The Bertz CT molecular complexity index is 664. The predicted octanol–water partition coefficient (Wildman–Crippen LogP) is 2.50. The molecule has 6 nitrogen and oxygen atoms in total. The van der Waals surface area contributed by atoms with E-state index < -0.39 is 19.1 Å². The summed E-state index contributed by atoms with van der Waals surface area (Å²) in [6.45, 7) is 0.204. The van der Waals surface area contributed by atoms with Crippen molar-refractivity contribution < 1.29 is 22.7 Å². The average Bonchev–Trinajstić information content (AvgIpc) is 2.47. The number of hydrogen-bond donors (Lipinski definition) is 1. The largest absolute Gasteiger partial charge is 0.467 e. The van der Waals surface area contributed by atoms with Gasteiger partial charge < -0.3 is 15.0 Å². The SMILES string of the molecule is CC(=O)NC1N=CC=CN1Cc1cnc(OCC(F)(F)F)c(Cl)c1. The highest BCUT2D eigenvalue weighted by Crippen LogP contribution is 2.25. The van der Waals surface area contributed by atoms with Crippen molar-refractivity contribution in [1.29, 1.82) is 0 Å². The Balaban J connectivity index is 2.04. The van der Waals surface area contributed by atoms with Gasteiger partial charge in [-0.2, -0.15) is 13.2 Å². The molecule has 130 valence electrons. The Labute approximate surface area is 141 Å². The molecule has 1 aliphatic heterocycles. The summed E-state index contributed by atoms with van der Waals surface area (Å²) in [5, 5.41) is 2.62. The van der Waals surface area contributed by atoms with Crippen LogP contribution in [0.25, 0.3) is 0 Å². The van der Waals surface area contributed by atoms with Crippen LogP contribution >= 0.6 is 11.6 Å². The molecule has 0 bridgehead atoms. The molecule has 0 aromatic carbocycles. The molecular weight excluding hydrogens is 349 g/mol. The number of carbonyl (C=O) groups is 1. The van der Waals surface area contributed by atoms with Crippen LogP contribution < -0.4 is 10.1 Å². The Morgan fingerprint density at radius 2 is 2.25 bits per heavy atom. The van der Waals surface area contributed by atoms with Gasteiger partial charge in [0.25, 0.3) is 0 Å². The number of aromatic nitrogens is 1. The molecule has 0 saturated heterocycles. The number of ether oxygens (including phenoxy) is 1. The molecule has 1 aliphatic rings. The minimum absolute atomic E-state index is 0.0303. The van der Waals surface area contributed by atoms with E-state index in [1.807, 2.05) is 0 Å². The van der Waals surface area contributed by atoms with E-state index in [2.05, 4.69) is 20.0 Å². The molecule has 0 radical (unpaired) electrons. The highest BCUT2D eigenvalue weighted by Gasteiger charge is 2.29. The van der Waals surface area contributed by atoms with Gasteiger partial charge >= 0.3 is 6.18 Å². The van der Waals surface area contributed by atoms with Crippen molar-refractivity contribution in [3.05, 3.63) is 35.1 Å². The van der Waals surface area contributed by atoms with Crippen molar-refractivity contribution in [2.24, 2.45) is 4.99 Å². The fourth-order valence-corrected chi connectivity index (χ4v) is 2.15. The third kappa shape index (κ3) is 5.41. The summed E-state index contributed by atoms with van der Waals surface area (Å²) in [4.78, 5) is 20.8. The molecule has 1 unspecified atom stereocenters. The lowest BCUT2D eigenvalue weighted by Crippen LogP contribution is -2.44. The van der Waals surface area contributed by atoms with E-state index in [0.29, 0.717) is 12.1 Å². The second-order valence-electron chi connectivity index (χ2n) is 4.92. The molecule has 0 fully saturated rings. The summed E-state index contributed by atoms with van der Waals surface area (Å²) in [6.07, 6.45) is 1.27. The minimum Gasteiger partial charge on any atom is -0.467 e. The molecule has 1 amide bonds. The van der Waals surface area contributed by atoms with Crippen LogP contribution in [0.15, 0.2) is 29.5 Å². The second-order valence-corrected chi connectivity index (χ2v) is 5.33. The number of hydrogen-bond acceptors (Lipinski definition) is 5. The number of nitrogens with one attached hydrogen (secondary N) is 1. The van der Waals surface area contributed by atoms with Gasteiger partial charge in [-0.05, 0) is 17.7 Å². The number of pyridine rings is 1. The number of amides is 1. The summed E-state index contributed by atoms with van der Waals surface area (Å²) in [7, 11) is 0. The normalized spacial score (nSPS) is 17.0. The quantitative estimate of drug-likeness (QED) is 0.874.